The minimum absolute atomic E-state index is 0.151. The molecule has 0 aliphatic carbocycles. The van der Waals surface area contributed by atoms with E-state index < -0.39 is 10.0 Å². The lowest BCUT2D eigenvalue weighted by Gasteiger charge is -2.26. The number of methoxy groups -OCH3 is 1. The van der Waals surface area contributed by atoms with E-state index in [2.05, 4.69) is 5.32 Å². The average Bonchev–Trinajstić information content (AvgIpc) is 3.37. The number of amides is 1. The highest BCUT2D eigenvalue weighted by Gasteiger charge is 2.28. The van der Waals surface area contributed by atoms with Gasteiger partial charge in [0.05, 0.1) is 18.6 Å². The molecule has 0 radical (unpaired) electrons. The Hall–Kier alpha value is -2.78. The maximum absolute atomic E-state index is 12.9. The summed E-state index contributed by atoms with van der Waals surface area (Å²) < 4.78 is 44.1. The van der Waals surface area contributed by atoms with E-state index in [9.17, 15) is 13.2 Å². The zero-order chi connectivity index (χ0) is 22.6. The first-order chi connectivity index (χ1) is 15.5. The molecule has 2 heterocycles. The Labute approximate surface area is 188 Å². The number of para-hydroxylation sites is 2. The van der Waals surface area contributed by atoms with E-state index in [1.165, 1.54) is 11.4 Å². The van der Waals surface area contributed by atoms with Gasteiger partial charge in [-0.2, -0.15) is 4.31 Å². The van der Waals surface area contributed by atoms with Crippen molar-refractivity contribution in [3.8, 4) is 17.2 Å². The van der Waals surface area contributed by atoms with Crippen molar-refractivity contribution in [2.45, 2.75) is 36.7 Å². The van der Waals surface area contributed by atoms with Crippen molar-refractivity contribution in [3.05, 3.63) is 48.0 Å². The Kier molecular flexibility index (Phi) is 6.86. The van der Waals surface area contributed by atoms with Crippen LogP contribution < -0.4 is 19.5 Å². The van der Waals surface area contributed by atoms with Crippen molar-refractivity contribution in [1.82, 2.24) is 9.62 Å². The molecule has 1 saturated heterocycles. The van der Waals surface area contributed by atoms with Gasteiger partial charge in [0.25, 0.3) is 0 Å². The van der Waals surface area contributed by atoms with Gasteiger partial charge < -0.3 is 19.5 Å². The highest BCUT2D eigenvalue weighted by Crippen LogP contribution is 2.31. The van der Waals surface area contributed by atoms with Crippen LogP contribution in [0.5, 0.6) is 17.2 Å². The van der Waals surface area contributed by atoms with Gasteiger partial charge in [-0.3, -0.25) is 4.79 Å². The molecule has 8 nitrogen and oxygen atoms in total. The van der Waals surface area contributed by atoms with E-state index in [1.54, 1.807) is 18.2 Å². The van der Waals surface area contributed by atoms with Crippen molar-refractivity contribution >= 4 is 15.9 Å². The second kappa shape index (κ2) is 9.79. The van der Waals surface area contributed by atoms with Gasteiger partial charge in [-0.25, -0.2) is 8.42 Å². The maximum atomic E-state index is 12.9. The lowest BCUT2D eigenvalue weighted by atomic mass is 10.1. The van der Waals surface area contributed by atoms with Crippen LogP contribution in [0.15, 0.2) is 47.4 Å². The fraction of sp³-hybridized carbons (Fsp3) is 0.435. The third-order valence-corrected chi connectivity index (χ3v) is 7.57. The second-order valence-electron chi connectivity index (χ2n) is 7.89. The van der Waals surface area contributed by atoms with Gasteiger partial charge in [-0.05, 0) is 55.2 Å². The third-order valence-electron chi connectivity index (χ3n) is 5.67. The van der Waals surface area contributed by atoms with Gasteiger partial charge >= 0.3 is 0 Å². The summed E-state index contributed by atoms with van der Waals surface area (Å²) in [6.07, 6.45) is 2.06. The first kappa shape index (κ1) is 22.4. The Morgan fingerprint density at radius 2 is 1.91 bits per heavy atom. The summed E-state index contributed by atoms with van der Waals surface area (Å²) in [6.45, 7) is 1.78. The molecule has 2 aliphatic rings. The summed E-state index contributed by atoms with van der Waals surface area (Å²) in [5, 5.41) is 2.87. The first-order valence-corrected chi connectivity index (χ1v) is 12.2. The zero-order valence-electron chi connectivity index (χ0n) is 18.1. The smallest absolute Gasteiger partial charge is 0.243 e. The number of carbonyl (C=O) groups is 1. The van der Waals surface area contributed by atoms with Crippen LogP contribution in [-0.4, -0.2) is 58.1 Å². The van der Waals surface area contributed by atoms with E-state index in [4.69, 9.17) is 14.2 Å². The number of fused-ring (bicyclic) bond motifs is 1. The van der Waals surface area contributed by atoms with Crippen molar-refractivity contribution in [2.75, 3.05) is 33.4 Å². The number of hydrogen-bond donors (Lipinski definition) is 1. The number of nitrogens with one attached hydrogen (secondary N) is 1. The Balaban J connectivity index is 1.34. The number of rotatable bonds is 8. The topological polar surface area (TPSA) is 94.2 Å². The highest BCUT2D eigenvalue weighted by molar-refractivity contribution is 7.89. The zero-order valence-corrected chi connectivity index (χ0v) is 18.9. The molecular weight excluding hydrogens is 432 g/mol. The molecule has 2 aromatic rings. The molecule has 172 valence electrons. The Morgan fingerprint density at radius 1 is 1.16 bits per heavy atom. The molecule has 1 atom stereocenters. The van der Waals surface area contributed by atoms with Crippen molar-refractivity contribution in [2.24, 2.45) is 0 Å². The molecule has 32 heavy (non-hydrogen) atoms. The number of ether oxygens (including phenoxy) is 3. The number of carbonyl (C=O) groups excluding carboxylic acids is 1. The van der Waals surface area contributed by atoms with E-state index in [-0.39, 0.29) is 23.3 Å². The lowest BCUT2D eigenvalue weighted by Crippen LogP contribution is -2.40. The fourth-order valence-electron chi connectivity index (χ4n) is 3.92. The second-order valence-corrected chi connectivity index (χ2v) is 9.82. The largest absolute Gasteiger partial charge is 0.496 e. The number of aryl methyl sites for hydroxylation is 1. The molecule has 0 saturated carbocycles. The third kappa shape index (κ3) is 4.99. The van der Waals surface area contributed by atoms with Crippen LogP contribution in [0.3, 0.4) is 0 Å². The molecule has 1 N–H and O–H groups in total. The quantitative estimate of drug-likeness (QED) is 0.650. The predicted molar refractivity (Wildman–Crippen MR) is 119 cm³/mol. The average molecular weight is 461 g/mol. The minimum atomic E-state index is -3.53. The minimum Gasteiger partial charge on any atom is -0.496 e. The van der Waals surface area contributed by atoms with E-state index >= 15 is 0 Å². The first-order valence-electron chi connectivity index (χ1n) is 10.8. The van der Waals surface area contributed by atoms with Gasteiger partial charge in [0.1, 0.15) is 18.5 Å². The fourth-order valence-corrected chi connectivity index (χ4v) is 5.48. The van der Waals surface area contributed by atoms with Crippen LogP contribution in [0.2, 0.25) is 0 Å². The van der Waals surface area contributed by atoms with Crippen molar-refractivity contribution in [3.63, 3.8) is 0 Å². The normalized spacial score (nSPS) is 18.3. The van der Waals surface area contributed by atoms with Crippen molar-refractivity contribution in [1.29, 1.82) is 0 Å². The van der Waals surface area contributed by atoms with Crippen LogP contribution in [0.25, 0.3) is 0 Å². The summed E-state index contributed by atoms with van der Waals surface area (Å²) in [4.78, 5) is 12.7. The molecule has 4 rings (SSSR count). The number of sulfonamides is 1. The van der Waals surface area contributed by atoms with Crippen LogP contribution >= 0.6 is 0 Å². The molecule has 2 aromatic carbocycles. The van der Waals surface area contributed by atoms with Gasteiger partial charge in [0.2, 0.25) is 15.9 Å². The number of hydrogen-bond acceptors (Lipinski definition) is 6. The molecule has 9 heteroatoms. The molecule has 0 bridgehead atoms. The number of nitrogens with zero attached hydrogens (tertiary/aromatic N) is 1. The molecule has 1 amide bonds. The van der Waals surface area contributed by atoms with E-state index in [1.807, 2.05) is 24.3 Å². The summed E-state index contributed by atoms with van der Waals surface area (Å²) in [5.41, 5.74) is 0.689. The molecule has 2 aliphatic heterocycles. The Morgan fingerprint density at radius 3 is 2.66 bits per heavy atom. The highest BCUT2D eigenvalue weighted by atomic mass is 32.2. The maximum Gasteiger partial charge on any atom is 0.243 e. The van der Waals surface area contributed by atoms with Crippen LogP contribution in [0.1, 0.15) is 24.8 Å². The van der Waals surface area contributed by atoms with E-state index in [0.717, 1.165) is 12.8 Å². The van der Waals surface area contributed by atoms with Crippen molar-refractivity contribution < 1.29 is 27.4 Å². The molecular formula is C23H28N2O6S. The van der Waals surface area contributed by atoms with Gasteiger partial charge in [0.15, 0.2) is 11.5 Å². The van der Waals surface area contributed by atoms with Crippen LogP contribution in [0, 0.1) is 0 Å². The lowest BCUT2D eigenvalue weighted by molar-refractivity contribution is -0.121. The predicted octanol–water partition coefficient (Wildman–Crippen LogP) is 2.37. The molecule has 0 aromatic heterocycles. The standard InChI is InChI=1S/C23H28N2O6S/c1-29-20-10-9-19(32(27,28)25-12-4-5-13-25)14-17(20)8-11-23(26)24-15-18-16-30-21-6-2-3-7-22(21)31-18/h2-3,6-7,9-10,14,18H,4-5,8,11-13,15-16H2,1H3,(H,24,26). The summed E-state index contributed by atoms with van der Waals surface area (Å²) in [6, 6.07) is 12.3. The monoisotopic (exact) mass is 460 g/mol. The SMILES string of the molecule is COc1ccc(S(=O)(=O)N2CCCC2)cc1CCC(=O)NCC1COc2ccccc2O1. The van der Waals surface area contributed by atoms with Gasteiger partial charge in [0, 0.05) is 19.5 Å². The summed E-state index contributed by atoms with van der Waals surface area (Å²) >= 11 is 0. The Bertz CT molecular complexity index is 1070. The van der Waals surface area contributed by atoms with Crippen LogP contribution in [-0.2, 0) is 21.2 Å². The number of benzene rings is 2. The molecule has 1 unspecified atom stereocenters. The van der Waals surface area contributed by atoms with E-state index in [0.29, 0.717) is 55.5 Å². The summed E-state index contributed by atoms with van der Waals surface area (Å²) in [7, 11) is -1.99. The van der Waals surface area contributed by atoms with Gasteiger partial charge in [-0.1, -0.05) is 12.1 Å². The molecule has 1 fully saturated rings. The summed E-state index contributed by atoms with van der Waals surface area (Å²) in [5.74, 6) is 1.78. The molecule has 0 spiro atoms. The van der Waals surface area contributed by atoms with Crippen LogP contribution in [0.4, 0.5) is 0 Å². The van der Waals surface area contributed by atoms with Gasteiger partial charge in [-0.15, -0.1) is 0 Å².